The minimum Gasteiger partial charge on any atom is -0.503 e. The number of rotatable bonds is 2. The third-order valence-electron chi connectivity index (χ3n) is 3.91. The Kier molecular flexibility index (Phi) is 3.58. The Morgan fingerprint density at radius 2 is 1.68 bits per heavy atom. The van der Waals surface area contributed by atoms with E-state index < -0.39 is 17.4 Å². The summed E-state index contributed by atoms with van der Waals surface area (Å²) in [6, 6.07) is 9.55. The molecule has 0 aliphatic rings. The van der Waals surface area contributed by atoms with Crippen LogP contribution in [-0.2, 0) is 0 Å². The molecule has 124 valence electrons. The van der Waals surface area contributed by atoms with Crippen LogP contribution in [0, 0.1) is 11.6 Å². The van der Waals surface area contributed by atoms with E-state index in [2.05, 4.69) is 9.97 Å². The average Bonchev–Trinajstić information content (AvgIpc) is 3.07. The molecule has 2 aromatic carbocycles. The van der Waals surface area contributed by atoms with Crippen LogP contribution in [0.2, 0.25) is 0 Å². The topological polar surface area (TPSA) is 72.0 Å². The molecule has 4 nitrogen and oxygen atoms in total. The van der Waals surface area contributed by atoms with Crippen LogP contribution >= 0.6 is 11.3 Å². The van der Waals surface area contributed by atoms with Crippen molar-refractivity contribution in [1.29, 1.82) is 0 Å². The number of anilines is 1. The molecule has 0 aliphatic heterocycles. The van der Waals surface area contributed by atoms with E-state index in [0.717, 1.165) is 33.5 Å². The number of hydrogen-bond donors (Lipinski definition) is 2. The highest BCUT2D eigenvalue weighted by Gasteiger charge is 2.14. The fourth-order valence-corrected chi connectivity index (χ4v) is 3.34. The van der Waals surface area contributed by atoms with Gasteiger partial charge < -0.3 is 10.8 Å². The van der Waals surface area contributed by atoms with Gasteiger partial charge in [-0.15, -0.1) is 11.3 Å². The molecule has 3 N–H and O–H groups in total. The Bertz CT molecular complexity index is 1090. The van der Waals surface area contributed by atoms with Gasteiger partial charge in [-0.05, 0) is 41.5 Å². The molecule has 4 rings (SSSR count). The maximum atomic E-state index is 13.7. The van der Waals surface area contributed by atoms with Crippen molar-refractivity contribution in [3.63, 3.8) is 0 Å². The number of phenols is 1. The summed E-state index contributed by atoms with van der Waals surface area (Å²) in [6.45, 7) is 0. The summed E-state index contributed by atoms with van der Waals surface area (Å²) in [7, 11) is 0. The molecule has 0 atom stereocenters. The van der Waals surface area contributed by atoms with Gasteiger partial charge in [-0.3, -0.25) is 0 Å². The zero-order valence-electron chi connectivity index (χ0n) is 12.7. The lowest BCUT2D eigenvalue weighted by Crippen LogP contribution is -1.96. The molecule has 0 saturated carbocycles. The first-order chi connectivity index (χ1) is 12.0. The largest absolute Gasteiger partial charge is 0.503 e. The van der Waals surface area contributed by atoms with E-state index in [9.17, 15) is 13.9 Å². The van der Waals surface area contributed by atoms with E-state index in [0.29, 0.717) is 5.56 Å². The molecule has 25 heavy (non-hydrogen) atoms. The maximum absolute atomic E-state index is 13.7. The van der Waals surface area contributed by atoms with E-state index in [4.69, 9.17) is 5.73 Å². The highest BCUT2D eigenvalue weighted by molar-refractivity contribution is 7.16. The standard InChI is InChI=1S/C18H11F2N3OS/c19-13-4-10(5-14(20)17(13)24)12-3-11(7-22-18(12)21)9-1-2-15-16(6-9)25-8-23-15/h1-8,24H,(H2,21,22). The average molecular weight is 355 g/mol. The summed E-state index contributed by atoms with van der Waals surface area (Å²) in [5.74, 6) is -2.97. The Hall–Kier alpha value is -3.06. The van der Waals surface area contributed by atoms with Crippen LogP contribution in [0.25, 0.3) is 32.5 Å². The summed E-state index contributed by atoms with van der Waals surface area (Å²) < 4.78 is 28.4. The Morgan fingerprint density at radius 1 is 0.920 bits per heavy atom. The number of halogens is 2. The van der Waals surface area contributed by atoms with Gasteiger partial charge >= 0.3 is 0 Å². The molecule has 4 aromatic rings. The number of hydrogen-bond acceptors (Lipinski definition) is 5. The van der Waals surface area contributed by atoms with Gasteiger partial charge in [0.2, 0.25) is 0 Å². The first kappa shape index (κ1) is 15.5. The maximum Gasteiger partial charge on any atom is 0.187 e. The lowest BCUT2D eigenvalue weighted by molar-refractivity contribution is 0.396. The summed E-state index contributed by atoms with van der Waals surface area (Å²) in [6.07, 6.45) is 1.61. The lowest BCUT2D eigenvalue weighted by atomic mass is 10.0. The second-order valence-electron chi connectivity index (χ2n) is 5.48. The third-order valence-corrected chi connectivity index (χ3v) is 4.70. The van der Waals surface area contributed by atoms with E-state index in [1.54, 1.807) is 17.8 Å². The Labute approximate surface area is 145 Å². The SMILES string of the molecule is Nc1ncc(-c2ccc3ncsc3c2)cc1-c1cc(F)c(O)c(F)c1. The predicted molar refractivity (Wildman–Crippen MR) is 94.3 cm³/mol. The first-order valence-corrected chi connectivity index (χ1v) is 8.18. The van der Waals surface area contributed by atoms with Crippen LogP contribution in [-0.4, -0.2) is 15.1 Å². The van der Waals surface area contributed by atoms with Crippen LogP contribution in [0.15, 0.2) is 48.1 Å². The van der Waals surface area contributed by atoms with E-state index in [1.165, 1.54) is 11.3 Å². The van der Waals surface area contributed by atoms with Crippen molar-refractivity contribution in [2.45, 2.75) is 0 Å². The molecule has 0 spiro atoms. The van der Waals surface area contributed by atoms with Gasteiger partial charge in [0.1, 0.15) is 5.82 Å². The van der Waals surface area contributed by atoms with Crippen LogP contribution < -0.4 is 5.73 Å². The quantitative estimate of drug-likeness (QED) is 0.552. The number of aromatic hydroxyl groups is 1. The minimum absolute atomic E-state index is 0.145. The smallest absolute Gasteiger partial charge is 0.187 e. The molecule has 0 aliphatic carbocycles. The molecule has 0 saturated heterocycles. The molecule has 0 fully saturated rings. The van der Waals surface area contributed by atoms with Crippen molar-refractivity contribution in [3.8, 4) is 28.0 Å². The molecule has 0 amide bonds. The number of thiazole rings is 1. The second kappa shape index (κ2) is 5.78. The van der Waals surface area contributed by atoms with Crippen LogP contribution in [0.4, 0.5) is 14.6 Å². The number of fused-ring (bicyclic) bond motifs is 1. The fraction of sp³-hybridized carbons (Fsp3) is 0. The number of aromatic nitrogens is 2. The Balaban J connectivity index is 1.86. The Morgan fingerprint density at radius 3 is 2.44 bits per heavy atom. The highest BCUT2D eigenvalue weighted by Crippen LogP contribution is 2.34. The normalized spacial score (nSPS) is 11.1. The zero-order chi connectivity index (χ0) is 17.6. The second-order valence-corrected chi connectivity index (χ2v) is 6.37. The lowest BCUT2D eigenvalue weighted by Gasteiger charge is -2.10. The van der Waals surface area contributed by atoms with Crippen molar-refractivity contribution < 1.29 is 13.9 Å². The van der Waals surface area contributed by atoms with Gasteiger partial charge in [0.05, 0.1) is 15.7 Å². The van der Waals surface area contributed by atoms with E-state index in [-0.39, 0.29) is 11.4 Å². The van der Waals surface area contributed by atoms with Crippen molar-refractivity contribution >= 4 is 27.4 Å². The van der Waals surface area contributed by atoms with Gasteiger partial charge in [-0.25, -0.2) is 18.7 Å². The van der Waals surface area contributed by atoms with Gasteiger partial charge in [0.25, 0.3) is 0 Å². The molecular formula is C18H11F2N3OS. The van der Waals surface area contributed by atoms with Gasteiger partial charge in [0.15, 0.2) is 17.4 Å². The molecule has 0 unspecified atom stereocenters. The number of pyridine rings is 1. The summed E-state index contributed by atoms with van der Waals surface area (Å²) in [5.41, 5.74) is 10.8. The molecule has 2 aromatic heterocycles. The first-order valence-electron chi connectivity index (χ1n) is 7.30. The van der Waals surface area contributed by atoms with Crippen molar-refractivity contribution in [2.24, 2.45) is 0 Å². The van der Waals surface area contributed by atoms with Crippen molar-refractivity contribution in [1.82, 2.24) is 9.97 Å². The highest BCUT2D eigenvalue weighted by atomic mass is 32.1. The van der Waals surface area contributed by atoms with Crippen LogP contribution in [0.3, 0.4) is 0 Å². The van der Waals surface area contributed by atoms with Crippen LogP contribution in [0.5, 0.6) is 5.75 Å². The summed E-state index contributed by atoms with van der Waals surface area (Å²) >= 11 is 1.52. The molecule has 7 heteroatoms. The van der Waals surface area contributed by atoms with Crippen LogP contribution in [0.1, 0.15) is 0 Å². The molecule has 2 heterocycles. The van der Waals surface area contributed by atoms with Crippen molar-refractivity contribution in [3.05, 3.63) is 59.7 Å². The van der Waals surface area contributed by atoms with E-state index >= 15 is 0 Å². The van der Waals surface area contributed by atoms with Gasteiger partial charge in [-0.1, -0.05) is 6.07 Å². The number of benzene rings is 2. The van der Waals surface area contributed by atoms with Gasteiger partial charge in [0, 0.05) is 17.3 Å². The molecule has 0 bridgehead atoms. The number of nitrogens with two attached hydrogens (primary N) is 1. The van der Waals surface area contributed by atoms with Gasteiger partial charge in [-0.2, -0.15) is 0 Å². The number of nitrogen functional groups attached to an aromatic ring is 1. The predicted octanol–water partition coefficient (Wildman–Crippen LogP) is 4.59. The number of nitrogens with zero attached hydrogens (tertiary/aromatic N) is 2. The fourth-order valence-electron chi connectivity index (χ4n) is 2.62. The zero-order valence-corrected chi connectivity index (χ0v) is 13.5. The molecular weight excluding hydrogens is 344 g/mol. The third kappa shape index (κ3) is 2.68. The monoisotopic (exact) mass is 355 g/mol. The number of phenolic OH excluding ortho intramolecular Hbond substituents is 1. The minimum atomic E-state index is -1.05. The molecule has 0 radical (unpaired) electrons. The van der Waals surface area contributed by atoms with Crippen molar-refractivity contribution in [2.75, 3.05) is 5.73 Å². The van der Waals surface area contributed by atoms with E-state index in [1.807, 2.05) is 18.2 Å². The summed E-state index contributed by atoms with van der Waals surface area (Å²) in [5, 5.41) is 9.26. The summed E-state index contributed by atoms with van der Waals surface area (Å²) in [4.78, 5) is 8.38.